The molecule has 2 fully saturated rings. The molecule has 2 aromatic carbocycles. The predicted octanol–water partition coefficient (Wildman–Crippen LogP) is 5.83. The van der Waals surface area contributed by atoms with Crippen LogP contribution in [0.2, 0.25) is 0 Å². The van der Waals surface area contributed by atoms with Gasteiger partial charge in [-0.15, -0.1) is 0 Å². The molecule has 4 rings (SSSR count). The van der Waals surface area contributed by atoms with E-state index in [4.69, 9.17) is 9.47 Å². The van der Waals surface area contributed by atoms with Gasteiger partial charge in [0.2, 0.25) is 0 Å². The van der Waals surface area contributed by atoms with Crippen molar-refractivity contribution in [2.75, 3.05) is 13.2 Å². The molecule has 162 valence electrons. The third-order valence-electron chi connectivity index (χ3n) is 5.50. The summed E-state index contributed by atoms with van der Waals surface area (Å²) in [5, 5.41) is 0. The maximum absolute atomic E-state index is 14.4. The smallest absolute Gasteiger partial charge is 0.429 e. The summed E-state index contributed by atoms with van der Waals surface area (Å²) in [7, 11) is 0. The van der Waals surface area contributed by atoms with Gasteiger partial charge in [0.25, 0.3) is 0 Å². The molecule has 0 N–H and O–H groups in total. The van der Waals surface area contributed by atoms with E-state index in [9.17, 15) is 26.3 Å². The summed E-state index contributed by atoms with van der Waals surface area (Å²) >= 11 is 0. The summed E-state index contributed by atoms with van der Waals surface area (Å²) in [6.07, 6.45) is -2.20. The first kappa shape index (κ1) is 21.0. The van der Waals surface area contributed by atoms with Crippen molar-refractivity contribution in [3.63, 3.8) is 0 Å². The van der Waals surface area contributed by atoms with Gasteiger partial charge in [-0.1, -0.05) is 19.3 Å². The third-order valence-corrected chi connectivity index (χ3v) is 5.50. The van der Waals surface area contributed by atoms with Gasteiger partial charge in [0.1, 0.15) is 22.9 Å². The normalized spacial score (nSPS) is 22.6. The van der Waals surface area contributed by atoms with E-state index in [0.29, 0.717) is 43.4 Å². The van der Waals surface area contributed by atoms with E-state index >= 15 is 0 Å². The molecule has 0 radical (unpaired) electrons. The fourth-order valence-electron chi connectivity index (χ4n) is 3.64. The van der Waals surface area contributed by atoms with Crippen molar-refractivity contribution in [2.45, 2.75) is 31.7 Å². The van der Waals surface area contributed by atoms with Gasteiger partial charge in [-0.3, -0.25) is 0 Å². The molecule has 1 saturated heterocycles. The van der Waals surface area contributed by atoms with Crippen molar-refractivity contribution in [3.05, 3.63) is 64.7 Å². The SMILES string of the molecule is Fc1ccc(OC(F)(F)c2c(F)cc(C3OCC(C4CCC4)CO3)cc2F)cc1F. The molecular formula is C21H18F6O3. The number of halogens is 6. The minimum absolute atomic E-state index is 0.0792. The van der Waals surface area contributed by atoms with Gasteiger partial charge in [-0.2, -0.15) is 8.78 Å². The number of alkyl halides is 2. The van der Waals surface area contributed by atoms with Crippen LogP contribution >= 0.6 is 0 Å². The van der Waals surface area contributed by atoms with Crippen LogP contribution in [0.4, 0.5) is 26.3 Å². The van der Waals surface area contributed by atoms with Gasteiger partial charge < -0.3 is 14.2 Å². The molecule has 2 aliphatic rings. The maximum atomic E-state index is 14.4. The monoisotopic (exact) mass is 432 g/mol. The lowest BCUT2D eigenvalue weighted by Gasteiger charge is -2.38. The Kier molecular flexibility index (Phi) is 5.67. The van der Waals surface area contributed by atoms with E-state index in [1.54, 1.807) is 0 Å². The second kappa shape index (κ2) is 8.11. The van der Waals surface area contributed by atoms with E-state index in [1.807, 2.05) is 0 Å². The minimum atomic E-state index is -4.47. The van der Waals surface area contributed by atoms with E-state index in [2.05, 4.69) is 4.74 Å². The molecule has 0 amide bonds. The van der Waals surface area contributed by atoms with Crippen LogP contribution < -0.4 is 4.74 Å². The van der Waals surface area contributed by atoms with Crippen molar-refractivity contribution in [2.24, 2.45) is 11.8 Å². The van der Waals surface area contributed by atoms with Crippen LogP contribution in [0.3, 0.4) is 0 Å². The number of rotatable bonds is 5. The summed E-state index contributed by atoms with van der Waals surface area (Å²) < 4.78 is 99.1. The first-order valence-electron chi connectivity index (χ1n) is 9.49. The molecule has 1 aliphatic heterocycles. The average molecular weight is 432 g/mol. The van der Waals surface area contributed by atoms with Gasteiger partial charge in [0, 0.05) is 17.5 Å². The lowest BCUT2D eigenvalue weighted by atomic mass is 9.76. The minimum Gasteiger partial charge on any atom is -0.429 e. The summed E-state index contributed by atoms with van der Waals surface area (Å²) in [4.78, 5) is 0. The molecule has 1 saturated carbocycles. The quantitative estimate of drug-likeness (QED) is 0.557. The van der Waals surface area contributed by atoms with Gasteiger partial charge in [0.15, 0.2) is 17.9 Å². The highest BCUT2D eigenvalue weighted by Gasteiger charge is 2.42. The van der Waals surface area contributed by atoms with Crippen LogP contribution in [0.1, 0.15) is 36.7 Å². The first-order chi connectivity index (χ1) is 14.2. The molecule has 1 heterocycles. The fourth-order valence-corrected chi connectivity index (χ4v) is 3.64. The molecule has 3 nitrogen and oxygen atoms in total. The van der Waals surface area contributed by atoms with Gasteiger partial charge in [-0.25, -0.2) is 17.6 Å². The molecule has 0 aromatic heterocycles. The van der Waals surface area contributed by atoms with Crippen molar-refractivity contribution >= 4 is 0 Å². The van der Waals surface area contributed by atoms with E-state index in [-0.39, 0.29) is 11.5 Å². The predicted molar refractivity (Wildman–Crippen MR) is 92.7 cm³/mol. The van der Waals surface area contributed by atoms with Crippen LogP contribution in [-0.2, 0) is 15.6 Å². The molecule has 30 heavy (non-hydrogen) atoms. The van der Waals surface area contributed by atoms with Crippen LogP contribution in [0.5, 0.6) is 5.75 Å². The highest BCUT2D eigenvalue weighted by Crippen LogP contribution is 2.40. The number of hydrogen-bond acceptors (Lipinski definition) is 3. The Morgan fingerprint density at radius 3 is 1.97 bits per heavy atom. The van der Waals surface area contributed by atoms with Crippen LogP contribution in [0.25, 0.3) is 0 Å². The van der Waals surface area contributed by atoms with Crippen molar-refractivity contribution < 1.29 is 40.6 Å². The van der Waals surface area contributed by atoms with Crippen LogP contribution in [-0.4, -0.2) is 13.2 Å². The van der Waals surface area contributed by atoms with Crippen LogP contribution in [0, 0.1) is 35.1 Å². The zero-order chi connectivity index (χ0) is 21.5. The van der Waals surface area contributed by atoms with Crippen LogP contribution in [0.15, 0.2) is 30.3 Å². The largest absolute Gasteiger partial charge is 0.432 e. The highest BCUT2D eigenvalue weighted by atomic mass is 19.3. The Balaban J connectivity index is 1.51. The lowest BCUT2D eigenvalue weighted by molar-refractivity contribution is -0.217. The summed E-state index contributed by atoms with van der Waals surface area (Å²) in [6.45, 7) is 0.714. The Bertz CT molecular complexity index is 900. The summed E-state index contributed by atoms with van der Waals surface area (Å²) in [5.41, 5.74) is -1.73. The Labute approximate surface area is 168 Å². The standard InChI is InChI=1S/C21H18F6O3/c22-15-5-4-14(8-16(15)23)30-21(26,27)19-17(24)6-12(7-18(19)25)20-28-9-13(10-29-20)11-2-1-3-11/h4-8,11,13,20H,1-3,9-10H2. The molecule has 0 unspecified atom stereocenters. The molecule has 2 aromatic rings. The topological polar surface area (TPSA) is 27.7 Å². The van der Waals surface area contributed by atoms with Gasteiger partial charge in [-0.05, 0) is 30.2 Å². The summed E-state index contributed by atoms with van der Waals surface area (Å²) in [6, 6.07) is 3.02. The second-order valence-electron chi connectivity index (χ2n) is 7.50. The maximum Gasteiger partial charge on any atom is 0.432 e. The number of benzene rings is 2. The van der Waals surface area contributed by atoms with Crippen molar-refractivity contribution in [3.8, 4) is 5.75 Å². The number of hydrogen-bond donors (Lipinski definition) is 0. The first-order valence-corrected chi connectivity index (χ1v) is 9.49. The third kappa shape index (κ3) is 4.13. The van der Waals surface area contributed by atoms with E-state index < -0.39 is 47.0 Å². The Morgan fingerprint density at radius 1 is 0.800 bits per heavy atom. The highest BCUT2D eigenvalue weighted by molar-refractivity contribution is 5.31. The fraction of sp³-hybridized carbons (Fsp3) is 0.429. The average Bonchev–Trinajstić information content (AvgIpc) is 2.63. The lowest BCUT2D eigenvalue weighted by Crippen LogP contribution is -2.35. The second-order valence-corrected chi connectivity index (χ2v) is 7.50. The molecular weight excluding hydrogens is 414 g/mol. The van der Waals surface area contributed by atoms with Crippen molar-refractivity contribution in [1.82, 2.24) is 0 Å². The summed E-state index contributed by atoms with van der Waals surface area (Å²) in [5.74, 6) is -5.95. The van der Waals surface area contributed by atoms with Crippen molar-refractivity contribution in [1.29, 1.82) is 0 Å². The zero-order valence-electron chi connectivity index (χ0n) is 15.6. The van der Waals surface area contributed by atoms with E-state index in [0.717, 1.165) is 25.3 Å². The Morgan fingerprint density at radius 2 is 1.43 bits per heavy atom. The van der Waals surface area contributed by atoms with Gasteiger partial charge >= 0.3 is 6.11 Å². The van der Waals surface area contributed by atoms with E-state index in [1.165, 1.54) is 0 Å². The number of ether oxygens (including phenoxy) is 3. The molecule has 0 spiro atoms. The van der Waals surface area contributed by atoms with Gasteiger partial charge in [0.05, 0.1) is 13.2 Å². The molecule has 0 atom stereocenters. The molecule has 0 bridgehead atoms. The Hall–Kier alpha value is -2.26. The molecule has 9 heteroatoms. The molecule has 1 aliphatic carbocycles. The zero-order valence-corrected chi connectivity index (χ0v) is 15.6.